The average molecular weight is 552 g/mol. The first-order valence-electron chi connectivity index (χ1n) is 13.3. The molecule has 2 aliphatic rings. The normalized spacial score (nSPS) is 20.9. The fraction of sp³-hybridized carbons (Fsp3) is 0.552. The molecule has 4 rings (SSSR count). The van der Waals surface area contributed by atoms with E-state index in [-0.39, 0.29) is 35.1 Å². The van der Waals surface area contributed by atoms with Gasteiger partial charge in [0.05, 0.1) is 16.7 Å². The van der Waals surface area contributed by atoms with E-state index in [1.54, 1.807) is 6.07 Å². The largest absolute Gasteiger partial charge is 0.417 e. The van der Waals surface area contributed by atoms with Crippen LogP contribution in [0.4, 0.5) is 24.5 Å². The molecule has 1 aliphatic carbocycles. The van der Waals surface area contributed by atoms with Gasteiger partial charge in [0.2, 0.25) is 5.91 Å². The summed E-state index contributed by atoms with van der Waals surface area (Å²) in [5.41, 5.74) is 2.18. The van der Waals surface area contributed by atoms with Crippen LogP contribution in [0, 0.1) is 0 Å². The summed E-state index contributed by atoms with van der Waals surface area (Å²) in [5.74, 6) is 0.00817. The second kappa shape index (κ2) is 11.7. The fourth-order valence-corrected chi connectivity index (χ4v) is 5.33. The van der Waals surface area contributed by atoms with Crippen molar-refractivity contribution in [1.29, 1.82) is 0 Å². The van der Waals surface area contributed by atoms with Gasteiger partial charge in [-0.1, -0.05) is 44.5 Å². The lowest BCUT2D eigenvalue weighted by Gasteiger charge is -2.37. The predicted octanol–water partition coefficient (Wildman–Crippen LogP) is 6.74. The van der Waals surface area contributed by atoms with E-state index in [1.807, 2.05) is 4.90 Å². The number of piperazine rings is 1. The number of anilines is 2. The molecule has 9 heteroatoms. The van der Waals surface area contributed by atoms with E-state index in [9.17, 15) is 18.0 Å². The number of benzene rings is 2. The van der Waals surface area contributed by atoms with Gasteiger partial charge in [-0.3, -0.25) is 4.79 Å². The van der Waals surface area contributed by atoms with Crippen molar-refractivity contribution in [2.75, 3.05) is 43.0 Å². The molecule has 1 aliphatic heterocycles. The Balaban J connectivity index is 1.17. The first-order valence-corrected chi connectivity index (χ1v) is 13.7. The Kier molecular flexibility index (Phi) is 8.82. The molecule has 208 valence electrons. The van der Waals surface area contributed by atoms with Crippen LogP contribution in [-0.4, -0.2) is 55.7 Å². The van der Waals surface area contributed by atoms with Crippen LogP contribution in [-0.2, 0) is 21.1 Å². The Morgan fingerprint density at radius 1 is 0.974 bits per heavy atom. The van der Waals surface area contributed by atoms with Gasteiger partial charge in [0.1, 0.15) is 6.61 Å². The van der Waals surface area contributed by atoms with Crippen molar-refractivity contribution in [3.63, 3.8) is 0 Å². The van der Waals surface area contributed by atoms with Gasteiger partial charge in [0.25, 0.3) is 0 Å². The summed E-state index contributed by atoms with van der Waals surface area (Å²) in [4.78, 5) is 16.9. The van der Waals surface area contributed by atoms with Gasteiger partial charge < -0.3 is 19.9 Å². The van der Waals surface area contributed by atoms with Gasteiger partial charge in [0.15, 0.2) is 0 Å². The third-order valence-corrected chi connectivity index (χ3v) is 7.82. The highest BCUT2D eigenvalue weighted by Gasteiger charge is 2.34. The Morgan fingerprint density at radius 2 is 1.61 bits per heavy atom. The zero-order valence-corrected chi connectivity index (χ0v) is 23.0. The molecule has 0 bridgehead atoms. The second-order valence-electron chi connectivity index (χ2n) is 11.3. The highest BCUT2D eigenvalue weighted by molar-refractivity contribution is 6.31. The van der Waals surface area contributed by atoms with Crippen molar-refractivity contribution < 1.29 is 22.7 Å². The van der Waals surface area contributed by atoms with Crippen molar-refractivity contribution in [2.24, 2.45) is 0 Å². The molecule has 0 radical (unpaired) electrons. The topological polar surface area (TPSA) is 44.8 Å². The van der Waals surface area contributed by atoms with Gasteiger partial charge in [0, 0.05) is 43.6 Å². The van der Waals surface area contributed by atoms with Gasteiger partial charge in [-0.25, -0.2) is 0 Å². The van der Waals surface area contributed by atoms with E-state index < -0.39 is 11.7 Å². The molecule has 2 fully saturated rings. The number of carbonyl (C=O) groups is 1. The van der Waals surface area contributed by atoms with Crippen LogP contribution in [0.15, 0.2) is 42.5 Å². The summed E-state index contributed by atoms with van der Waals surface area (Å²) in [5, 5.41) is 2.89. The molecule has 2 aromatic carbocycles. The molecule has 1 saturated heterocycles. The van der Waals surface area contributed by atoms with E-state index in [0.717, 1.165) is 44.8 Å². The molecule has 0 spiro atoms. The van der Waals surface area contributed by atoms with Crippen LogP contribution in [0.2, 0.25) is 5.02 Å². The monoisotopic (exact) mass is 551 g/mol. The van der Waals surface area contributed by atoms with Crippen molar-refractivity contribution in [1.82, 2.24) is 4.90 Å². The zero-order chi connectivity index (χ0) is 27.5. The van der Waals surface area contributed by atoms with Crippen LogP contribution in [0.1, 0.15) is 57.6 Å². The average Bonchev–Trinajstić information content (AvgIpc) is 2.88. The smallest absolute Gasteiger partial charge is 0.382 e. The Labute approximate surface area is 228 Å². The third-order valence-electron chi connectivity index (χ3n) is 7.49. The Morgan fingerprint density at radius 3 is 2.18 bits per heavy atom. The molecule has 1 amide bonds. The zero-order valence-electron chi connectivity index (χ0n) is 22.3. The summed E-state index contributed by atoms with van der Waals surface area (Å²) in [6.07, 6.45) is -1.48. The molecular formula is C29H37ClF3N3O2. The third kappa shape index (κ3) is 7.35. The minimum atomic E-state index is -4.49. The standard InChI is InChI=1S/C29H37ClF3N3O2/c1-28(2,3)20-4-9-23(10-5-20)35-14-16-36(17-15-35)27(37)19-38-24-11-6-21(7-12-24)34-22-8-13-26(30)25(18-22)29(31,32)33/h4-5,8-10,13,18,21,24,34H,6-7,11-12,14-17,19H2,1-3H3. The molecule has 0 aromatic heterocycles. The lowest BCUT2D eigenvalue weighted by atomic mass is 9.87. The van der Waals surface area contributed by atoms with Crippen molar-refractivity contribution in [3.05, 3.63) is 58.6 Å². The fourth-order valence-electron chi connectivity index (χ4n) is 5.11. The number of nitrogens with one attached hydrogen (secondary N) is 1. The highest BCUT2D eigenvalue weighted by Crippen LogP contribution is 2.37. The number of hydrogen-bond donors (Lipinski definition) is 1. The number of rotatable bonds is 6. The molecule has 5 nitrogen and oxygen atoms in total. The van der Waals surface area contributed by atoms with E-state index in [0.29, 0.717) is 18.8 Å². The van der Waals surface area contributed by atoms with Crippen LogP contribution in [0.3, 0.4) is 0 Å². The number of alkyl halides is 3. The molecule has 1 N–H and O–H groups in total. The van der Waals surface area contributed by atoms with Crippen LogP contribution < -0.4 is 10.2 Å². The maximum absolute atomic E-state index is 13.1. The van der Waals surface area contributed by atoms with Crippen LogP contribution >= 0.6 is 11.6 Å². The van der Waals surface area contributed by atoms with Gasteiger partial charge in [-0.2, -0.15) is 13.2 Å². The lowest BCUT2D eigenvalue weighted by molar-refractivity contribution is -0.139. The van der Waals surface area contributed by atoms with E-state index in [4.69, 9.17) is 16.3 Å². The number of halogens is 4. The number of hydrogen-bond acceptors (Lipinski definition) is 4. The summed E-state index contributed by atoms with van der Waals surface area (Å²) in [7, 11) is 0. The maximum Gasteiger partial charge on any atom is 0.417 e. The predicted molar refractivity (Wildman–Crippen MR) is 146 cm³/mol. The van der Waals surface area contributed by atoms with Gasteiger partial charge >= 0.3 is 6.18 Å². The van der Waals surface area contributed by atoms with Crippen molar-refractivity contribution in [2.45, 2.75) is 70.2 Å². The van der Waals surface area contributed by atoms with Crippen LogP contribution in [0.5, 0.6) is 0 Å². The maximum atomic E-state index is 13.1. The van der Waals surface area contributed by atoms with Crippen molar-refractivity contribution >= 4 is 28.9 Å². The minimum absolute atomic E-state index is 0.00817. The van der Waals surface area contributed by atoms with E-state index in [1.165, 1.54) is 17.3 Å². The van der Waals surface area contributed by atoms with Gasteiger partial charge in [-0.05, 0) is 67.0 Å². The van der Waals surface area contributed by atoms with Crippen LogP contribution in [0.25, 0.3) is 0 Å². The second-order valence-corrected chi connectivity index (χ2v) is 11.7. The first-order chi connectivity index (χ1) is 17.9. The summed E-state index contributed by atoms with van der Waals surface area (Å²) in [6.45, 7) is 9.59. The Hall–Kier alpha value is -2.45. The number of ether oxygens (including phenoxy) is 1. The molecule has 2 aromatic rings. The molecule has 38 heavy (non-hydrogen) atoms. The molecule has 1 heterocycles. The Bertz CT molecular complexity index is 1090. The molecule has 1 saturated carbocycles. The highest BCUT2D eigenvalue weighted by atomic mass is 35.5. The molecule has 0 unspecified atom stereocenters. The van der Waals surface area contributed by atoms with Crippen molar-refractivity contribution in [3.8, 4) is 0 Å². The van der Waals surface area contributed by atoms with E-state index >= 15 is 0 Å². The number of amides is 1. The molecule has 0 atom stereocenters. The van der Waals surface area contributed by atoms with Gasteiger partial charge in [-0.15, -0.1) is 0 Å². The lowest BCUT2D eigenvalue weighted by Crippen LogP contribution is -2.50. The minimum Gasteiger partial charge on any atom is -0.382 e. The van der Waals surface area contributed by atoms with E-state index in [2.05, 4.69) is 55.3 Å². The molecular weight excluding hydrogens is 515 g/mol. The quantitative estimate of drug-likeness (QED) is 0.431. The summed E-state index contributed by atoms with van der Waals surface area (Å²) >= 11 is 5.72. The summed E-state index contributed by atoms with van der Waals surface area (Å²) in [6, 6.07) is 12.6. The summed E-state index contributed by atoms with van der Waals surface area (Å²) < 4.78 is 45.3. The first kappa shape index (κ1) is 28.6. The SMILES string of the molecule is CC(C)(C)c1ccc(N2CCN(C(=O)COC3CCC(Nc4ccc(Cl)c(C(F)(F)F)c4)CC3)CC2)cc1. The number of nitrogens with zero attached hydrogens (tertiary/aromatic N) is 2. The number of carbonyl (C=O) groups excluding carboxylic acids is 1.